The molecule has 3 aromatic carbocycles. The second-order valence-corrected chi connectivity index (χ2v) is 6.53. The molecule has 4 rings (SSSR count). The van der Waals surface area contributed by atoms with Gasteiger partial charge in [0.05, 0.1) is 7.11 Å². The predicted molar refractivity (Wildman–Crippen MR) is 96.5 cm³/mol. The van der Waals surface area contributed by atoms with Crippen LogP contribution >= 0.6 is 0 Å². The third-order valence-corrected chi connectivity index (χ3v) is 5.01. The van der Waals surface area contributed by atoms with E-state index in [0.29, 0.717) is 18.7 Å². The molecule has 0 saturated heterocycles. The predicted octanol–water partition coefficient (Wildman–Crippen LogP) is 4.38. The molecular formula is C21H19F2NO2. The summed E-state index contributed by atoms with van der Waals surface area (Å²) in [7, 11) is 1.62. The summed E-state index contributed by atoms with van der Waals surface area (Å²) in [5.41, 5.74) is 7.18. The molecule has 0 spiro atoms. The van der Waals surface area contributed by atoms with Crippen molar-refractivity contribution in [2.45, 2.75) is 12.5 Å². The quantitative estimate of drug-likeness (QED) is 0.758. The number of nitrogens with two attached hydrogens (primary N) is 1. The topological polar surface area (TPSA) is 44.5 Å². The Morgan fingerprint density at radius 2 is 1.92 bits per heavy atom. The van der Waals surface area contributed by atoms with Crippen molar-refractivity contribution in [1.29, 1.82) is 0 Å². The fourth-order valence-electron chi connectivity index (χ4n) is 3.65. The van der Waals surface area contributed by atoms with Crippen LogP contribution in [-0.4, -0.2) is 13.7 Å². The van der Waals surface area contributed by atoms with E-state index in [1.807, 2.05) is 30.3 Å². The number of hydrogen-bond acceptors (Lipinski definition) is 3. The van der Waals surface area contributed by atoms with Crippen molar-refractivity contribution in [3.05, 3.63) is 71.3 Å². The highest BCUT2D eigenvalue weighted by Crippen LogP contribution is 2.42. The van der Waals surface area contributed by atoms with Gasteiger partial charge in [0.2, 0.25) is 0 Å². The number of halogens is 2. The van der Waals surface area contributed by atoms with Gasteiger partial charge in [0.25, 0.3) is 0 Å². The fourth-order valence-corrected chi connectivity index (χ4v) is 3.65. The van der Waals surface area contributed by atoms with E-state index in [2.05, 4.69) is 0 Å². The molecule has 5 heteroatoms. The highest BCUT2D eigenvalue weighted by molar-refractivity contribution is 5.89. The minimum Gasteiger partial charge on any atom is -0.497 e. The summed E-state index contributed by atoms with van der Waals surface area (Å²) < 4.78 is 39.4. The number of methoxy groups -OCH3 is 1. The Morgan fingerprint density at radius 1 is 1.12 bits per heavy atom. The first-order valence-corrected chi connectivity index (χ1v) is 8.52. The van der Waals surface area contributed by atoms with Crippen LogP contribution in [0.5, 0.6) is 11.5 Å². The Morgan fingerprint density at radius 3 is 2.69 bits per heavy atom. The Bertz CT molecular complexity index is 974. The molecule has 2 unspecified atom stereocenters. The minimum absolute atomic E-state index is 0.157. The average molecular weight is 355 g/mol. The Kier molecular flexibility index (Phi) is 4.24. The lowest BCUT2D eigenvalue weighted by atomic mass is 9.85. The zero-order valence-electron chi connectivity index (χ0n) is 14.3. The number of benzene rings is 3. The monoisotopic (exact) mass is 355 g/mol. The standard InChI is InChI=1S/C21H19F2NO2/c1-25-15-5-2-12-3-7-20-17(16(12)10-15)8-13(11-24)21(26-20)18-9-14(22)4-6-19(18)23/h2-7,9-10,13,21H,8,11,24H2,1H3. The van der Waals surface area contributed by atoms with Gasteiger partial charge in [-0.3, -0.25) is 0 Å². The van der Waals surface area contributed by atoms with Crippen molar-refractivity contribution in [1.82, 2.24) is 0 Å². The van der Waals surface area contributed by atoms with Crippen LogP contribution in [0.25, 0.3) is 10.8 Å². The SMILES string of the molecule is COc1ccc2ccc3c(c2c1)CC(CN)C(c1cc(F)ccc1F)O3. The van der Waals surface area contributed by atoms with Crippen LogP contribution in [0.15, 0.2) is 48.5 Å². The number of rotatable bonds is 3. The number of fused-ring (bicyclic) bond motifs is 3. The third-order valence-electron chi connectivity index (χ3n) is 5.01. The van der Waals surface area contributed by atoms with E-state index in [0.717, 1.165) is 34.2 Å². The van der Waals surface area contributed by atoms with E-state index in [1.54, 1.807) is 7.11 Å². The summed E-state index contributed by atoms with van der Waals surface area (Å²) in [5, 5.41) is 2.10. The molecule has 0 amide bonds. The molecule has 2 atom stereocenters. The maximum absolute atomic E-state index is 14.3. The van der Waals surface area contributed by atoms with Crippen molar-refractivity contribution < 1.29 is 18.3 Å². The van der Waals surface area contributed by atoms with E-state index in [-0.39, 0.29) is 11.5 Å². The van der Waals surface area contributed by atoms with Crippen molar-refractivity contribution in [2.24, 2.45) is 11.7 Å². The van der Waals surface area contributed by atoms with Gasteiger partial charge in [0.1, 0.15) is 29.2 Å². The molecule has 0 radical (unpaired) electrons. The summed E-state index contributed by atoms with van der Waals surface area (Å²) in [6.07, 6.45) is 0.00278. The van der Waals surface area contributed by atoms with Crippen LogP contribution in [0.1, 0.15) is 17.2 Å². The first kappa shape index (κ1) is 16.8. The van der Waals surface area contributed by atoms with Gasteiger partial charge in [-0.2, -0.15) is 0 Å². The Labute approximate surface area is 150 Å². The molecule has 3 aromatic rings. The zero-order valence-corrected chi connectivity index (χ0v) is 14.3. The smallest absolute Gasteiger partial charge is 0.131 e. The lowest BCUT2D eigenvalue weighted by Gasteiger charge is -2.34. The zero-order chi connectivity index (χ0) is 18.3. The average Bonchev–Trinajstić information content (AvgIpc) is 2.68. The molecule has 1 aliphatic rings. The highest BCUT2D eigenvalue weighted by Gasteiger charge is 2.33. The van der Waals surface area contributed by atoms with Crippen LogP contribution in [-0.2, 0) is 6.42 Å². The van der Waals surface area contributed by atoms with Gasteiger partial charge in [0, 0.05) is 17.0 Å². The largest absolute Gasteiger partial charge is 0.497 e. The number of hydrogen-bond donors (Lipinski definition) is 1. The number of ether oxygens (including phenoxy) is 2. The van der Waals surface area contributed by atoms with Gasteiger partial charge >= 0.3 is 0 Å². The summed E-state index contributed by atoms with van der Waals surface area (Å²) in [4.78, 5) is 0. The first-order valence-electron chi connectivity index (χ1n) is 8.52. The molecule has 134 valence electrons. The molecule has 0 bridgehead atoms. The maximum atomic E-state index is 14.3. The van der Waals surface area contributed by atoms with E-state index in [1.165, 1.54) is 6.07 Å². The van der Waals surface area contributed by atoms with Gasteiger partial charge in [0.15, 0.2) is 0 Å². The van der Waals surface area contributed by atoms with E-state index >= 15 is 0 Å². The lowest BCUT2D eigenvalue weighted by molar-refractivity contribution is 0.114. The van der Waals surface area contributed by atoms with Crippen molar-refractivity contribution >= 4 is 10.8 Å². The molecule has 26 heavy (non-hydrogen) atoms. The van der Waals surface area contributed by atoms with Crippen LogP contribution < -0.4 is 15.2 Å². The van der Waals surface area contributed by atoms with E-state index in [9.17, 15) is 8.78 Å². The maximum Gasteiger partial charge on any atom is 0.131 e. The van der Waals surface area contributed by atoms with Gasteiger partial charge < -0.3 is 15.2 Å². The summed E-state index contributed by atoms with van der Waals surface area (Å²) in [6, 6.07) is 13.1. The van der Waals surface area contributed by atoms with Crippen LogP contribution in [0.2, 0.25) is 0 Å². The lowest BCUT2D eigenvalue weighted by Crippen LogP contribution is -2.32. The normalized spacial score (nSPS) is 19.1. The second-order valence-electron chi connectivity index (χ2n) is 6.53. The molecular weight excluding hydrogens is 336 g/mol. The van der Waals surface area contributed by atoms with E-state index in [4.69, 9.17) is 15.2 Å². The molecule has 1 aliphatic heterocycles. The molecule has 0 fully saturated rings. The van der Waals surface area contributed by atoms with Gasteiger partial charge in [-0.05, 0) is 60.1 Å². The minimum atomic E-state index is -0.619. The summed E-state index contributed by atoms with van der Waals surface area (Å²) in [6.45, 7) is 0.306. The van der Waals surface area contributed by atoms with Gasteiger partial charge in [-0.25, -0.2) is 8.78 Å². The summed E-state index contributed by atoms with van der Waals surface area (Å²) in [5.74, 6) is 0.295. The molecule has 0 aromatic heterocycles. The Balaban J connectivity index is 1.82. The Hall–Kier alpha value is -2.66. The summed E-state index contributed by atoms with van der Waals surface area (Å²) >= 11 is 0. The van der Waals surface area contributed by atoms with Crippen molar-refractivity contribution in [3.8, 4) is 11.5 Å². The van der Waals surface area contributed by atoms with Crippen LogP contribution in [0.3, 0.4) is 0 Å². The van der Waals surface area contributed by atoms with Gasteiger partial charge in [-0.1, -0.05) is 12.1 Å². The van der Waals surface area contributed by atoms with Crippen molar-refractivity contribution in [2.75, 3.05) is 13.7 Å². The van der Waals surface area contributed by atoms with Gasteiger partial charge in [-0.15, -0.1) is 0 Å². The molecule has 3 nitrogen and oxygen atoms in total. The second kappa shape index (κ2) is 6.57. The molecule has 2 N–H and O–H groups in total. The molecule has 1 heterocycles. The molecule has 0 saturated carbocycles. The molecule has 0 aliphatic carbocycles. The van der Waals surface area contributed by atoms with Crippen molar-refractivity contribution in [3.63, 3.8) is 0 Å². The fraction of sp³-hybridized carbons (Fsp3) is 0.238. The van der Waals surface area contributed by atoms with Crippen LogP contribution in [0.4, 0.5) is 8.78 Å². The first-order chi connectivity index (χ1) is 12.6. The van der Waals surface area contributed by atoms with E-state index < -0.39 is 17.7 Å². The highest BCUT2D eigenvalue weighted by atomic mass is 19.1. The van der Waals surface area contributed by atoms with Crippen LogP contribution in [0, 0.1) is 17.6 Å². The third kappa shape index (κ3) is 2.78.